The van der Waals surface area contributed by atoms with E-state index in [1.165, 1.54) is 25.3 Å². The van der Waals surface area contributed by atoms with Crippen LogP contribution in [0.3, 0.4) is 0 Å². The van der Waals surface area contributed by atoms with Crippen molar-refractivity contribution in [3.8, 4) is 0 Å². The van der Waals surface area contributed by atoms with Gasteiger partial charge < -0.3 is 5.32 Å². The fourth-order valence-corrected chi connectivity index (χ4v) is 3.30. The minimum Gasteiger partial charge on any atom is -0.316 e. The van der Waals surface area contributed by atoms with Crippen LogP contribution in [0.15, 0.2) is 18.2 Å². The quantitative estimate of drug-likeness (QED) is 0.750. The topological polar surface area (TPSA) is 12.0 Å². The molecule has 1 atom stereocenters. The van der Waals surface area contributed by atoms with E-state index in [1.807, 2.05) is 0 Å². The number of nitrogens with one attached hydrogen (secondary N) is 1. The zero-order valence-corrected chi connectivity index (χ0v) is 12.3. The normalized spacial score (nSPS) is 18.1. The van der Waals surface area contributed by atoms with Crippen molar-refractivity contribution in [1.29, 1.82) is 0 Å². The molecule has 1 saturated carbocycles. The number of hydrogen-bond donors (Lipinski definition) is 1. The molecule has 0 bridgehead atoms. The molecule has 112 valence electrons. The predicted molar refractivity (Wildman–Crippen MR) is 78.8 cm³/mol. The molecule has 0 heterocycles. The van der Waals surface area contributed by atoms with E-state index < -0.39 is 5.82 Å². The Morgan fingerprint density at radius 2 is 1.95 bits per heavy atom. The summed E-state index contributed by atoms with van der Waals surface area (Å²) in [6, 6.07) is 4.04. The Balaban J connectivity index is 2.15. The predicted octanol–water partition coefficient (Wildman–Crippen LogP) is 4.63. The van der Waals surface area contributed by atoms with Crippen molar-refractivity contribution in [3.63, 3.8) is 0 Å². The summed E-state index contributed by atoms with van der Waals surface area (Å²) in [6.45, 7) is 3.87. The van der Waals surface area contributed by atoms with Gasteiger partial charge in [0.15, 0.2) is 0 Å². The highest BCUT2D eigenvalue weighted by atomic mass is 19.1. The lowest BCUT2D eigenvalue weighted by Crippen LogP contribution is -2.29. The highest BCUT2D eigenvalue weighted by Gasteiger charge is 2.26. The number of rotatable bonds is 6. The Morgan fingerprint density at radius 3 is 2.60 bits per heavy atom. The van der Waals surface area contributed by atoms with Crippen molar-refractivity contribution in [2.75, 3.05) is 13.1 Å². The van der Waals surface area contributed by atoms with Gasteiger partial charge in [-0.3, -0.25) is 0 Å². The third kappa shape index (κ3) is 4.02. The van der Waals surface area contributed by atoms with Crippen molar-refractivity contribution in [2.45, 2.75) is 51.4 Å². The molecule has 0 aromatic heterocycles. The summed E-state index contributed by atoms with van der Waals surface area (Å²) in [5.41, 5.74) is 0.682. The molecule has 1 aliphatic carbocycles. The molecule has 1 unspecified atom stereocenters. The molecule has 1 nitrogen and oxygen atoms in total. The van der Waals surface area contributed by atoms with Gasteiger partial charge in [0.05, 0.1) is 0 Å². The van der Waals surface area contributed by atoms with Crippen molar-refractivity contribution in [3.05, 3.63) is 35.4 Å². The minimum atomic E-state index is -0.491. The second-order valence-electron chi connectivity index (χ2n) is 5.87. The van der Waals surface area contributed by atoms with E-state index in [4.69, 9.17) is 0 Å². The van der Waals surface area contributed by atoms with Crippen molar-refractivity contribution < 1.29 is 8.78 Å². The number of benzene rings is 1. The van der Waals surface area contributed by atoms with Crippen LogP contribution in [-0.4, -0.2) is 13.1 Å². The summed E-state index contributed by atoms with van der Waals surface area (Å²) < 4.78 is 27.2. The van der Waals surface area contributed by atoms with E-state index >= 15 is 0 Å². The van der Waals surface area contributed by atoms with E-state index in [2.05, 4.69) is 12.2 Å². The first-order valence-electron chi connectivity index (χ1n) is 7.88. The first kappa shape index (κ1) is 15.4. The van der Waals surface area contributed by atoms with E-state index in [0.29, 0.717) is 11.5 Å². The monoisotopic (exact) mass is 281 g/mol. The molecule has 0 amide bonds. The van der Waals surface area contributed by atoms with Gasteiger partial charge in [0.2, 0.25) is 0 Å². The molecular formula is C17H25F2N. The molecule has 0 radical (unpaired) electrons. The lowest BCUT2D eigenvalue weighted by atomic mass is 9.76. The molecule has 2 rings (SSSR count). The fourth-order valence-electron chi connectivity index (χ4n) is 3.30. The second kappa shape index (κ2) is 7.72. The van der Waals surface area contributed by atoms with Crippen LogP contribution < -0.4 is 5.32 Å². The molecule has 0 aliphatic heterocycles. The lowest BCUT2D eigenvalue weighted by Gasteiger charge is -2.31. The average Bonchev–Trinajstić information content (AvgIpc) is 2.46. The Labute approximate surface area is 120 Å². The Bertz CT molecular complexity index is 413. The van der Waals surface area contributed by atoms with E-state index in [-0.39, 0.29) is 11.7 Å². The van der Waals surface area contributed by atoms with Gasteiger partial charge in [-0.15, -0.1) is 0 Å². The van der Waals surface area contributed by atoms with Gasteiger partial charge in [-0.05, 0) is 43.4 Å². The van der Waals surface area contributed by atoms with Gasteiger partial charge in [-0.2, -0.15) is 0 Å². The highest BCUT2D eigenvalue weighted by Crippen LogP contribution is 2.36. The first-order valence-corrected chi connectivity index (χ1v) is 7.88. The van der Waals surface area contributed by atoms with E-state index in [1.54, 1.807) is 6.07 Å². The average molecular weight is 281 g/mol. The number of hydrogen-bond acceptors (Lipinski definition) is 1. The van der Waals surface area contributed by atoms with Gasteiger partial charge in [0.1, 0.15) is 11.6 Å². The van der Waals surface area contributed by atoms with Crippen LogP contribution in [0.1, 0.15) is 56.9 Å². The van der Waals surface area contributed by atoms with Gasteiger partial charge in [-0.1, -0.05) is 32.3 Å². The maximum absolute atomic E-state index is 14.1. The third-order valence-electron chi connectivity index (χ3n) is 4.37. The highest BCUT2D eigenvalue weighted by molar-refractivity contribution is 5.24. The molecule has 3 heteroatoms. The summed E-state index contributed by atoms with van der Waals surface area (Å²) in [7, 11) is 0. The van der Waals surface area contributed by atoms with Crippen LogP contribution >= 0.6 is 0 Å². The minimum absolute atomic E-state index is 0.169. The first-order chi connectivity index (χ1) is 9.72. The molecule has 20 heavy (non-hydrogen) atoms. The largest absolute Gasteiger partial charge is 0.316 e. The maximum Gasteiger partial charge on any atom is 0.129 e. The molecule has 0 saturated heterocycles. The van der Waals surface area contributed by atoms with Crippen molar-refractivity contribution >= 4 is 0 Å². The zero-order chi connectivity index (χ0) is 14.4. The summed E-state index contributed by atoms with van der Waals surface area (Å²) in [5.74, 6) is -0.190. The molecule has 1 aliphatic rings. The maximum atomic E-state index is 14.1. The van der Waals surface area contributed by atoms with Crippen LogP contribution in [0, 0.1) is 17.6 Å². The van der Waals surface area contributed by atoms with Crippen molar-refractivity contribution in [1.82, 2.24) is 5.32 Å². The zero-order valence-electron chi connectivity index (χ0n) is 12.3. The molecule has 1 N–H and O–H groups in total. The molecule has 1 aromatic carbocycles. The molecule has 0 spiro atoms. The molecule has 1 aromatic rings. The van der Waals surface area contributed by atoms with Gasteiger partial charge in [0.25, 0.3) is 0 Å². The molecule has 1 fully saturated rings. The summed E-state index contributed by atoms with van der Waals surface area (Å²) in [6.07, 6.45) is 7.15. The summed E-state index contributed by atoms with van der Waals surface area (Å²) in [4.78, 5) is 0. The van der Waals surface area contributed by atoms with E-state index in [9.17, 15) is 8.78 Å². The summed E-state index contributed by atoms with van der Waals surface area (Å²) >= 11 is 0. The fraction of sp³-hybridized carbons (Fsp3) is 0.647. The van der Waals surface area contributed by atoms with Crippen LogP contribution in [0.25, 0.3) is 0 Å². The lowest BCUT2D eigenvalue weighted by molar-refractivity contribution is 0.292. The van der Waals surface area contributed by atoms with Crippen molar-refractivity contribution in [2.24, 2.45) is 5.92 Å². The van der Waals surface area contributed by atoms with E-state index in [0.717, 1.165) is 38.4 Å². The van der Waals surface area contributed by atoms with Gasteiger partial charge >= 0.3 is 0 Å². The van der Waals surface area contributed by atoms with Crippen LogP contribution in [0.5, 0.6) is 0 Å². The van der Waals surface area contributed by atoms with Crippen LogP contribution in [0.4, 0.5) is 8.78 Å². The standard InChI is InChI=1S/C17H25F2N/c1-2-10-20-12-16(13-6-4-3-5-7-13)15-9-8-14(18)11-17(15)19/h8-9,11,13,16,20H,2-7,10,12H2,1H3. The van der Waals surface area contributed by atoms with Crippen LogP contribution in [0.2, 0.25) is 0 Å². The van der Waals surface area contributed by atoms with Gasteiger partial charge in [0, 0.05) is 18.5 Å². The van der Waals surface area contributed by atoms with Crippen LogP contribution in [-0.2, 0) is 0 Å². The van der Waals surface area contributed by atoms with Gasteiger partial charge in [-0.25, -0.2) is 8.78 Å². The summed E-state index contributed by atoms with van der Waals surface area (Å²) in [5, 5.41) is 3.41. The molecular weight excluding hydrogens is 256 g/mol. The number of halogens is 2. The Kier molecular flexibility index (Phi) is 5.96. The third-order valence-corrected chi connectivity index (χ3v) is 4.37. The Hall–Kier alpha value is -0.960. The Morgan fingerprint density at radius 1 is 1.20 bits per heavy atom. The smallest absolute Gasteiger partial charge is 0.129 e. The second-order valence-corrected chi connectivity index (χ2v) is 5.87. The SMILES string of the molecule is CCCNCC(c1ccc(F)cc1F)C1CCCCC1.